The molecule has 96 heavy (non-hydrogen) atoms. The van der Waals surface area contributed by atoms with E-state index in [4.69, 9.17) is 9.97 Å². The summed E-state index contributed by atoms with van der Waals surface area (Å²) in [7, 11) is 0. The predicted octanol–water partition coefficient (Wildman–Crippen LogP) is 18.5. The number of nitrogens with zero attached hydrogens (tertiary/aromatic N) is 14. The van der Waals surface area contributed by atoms with Crippen molar-refractivity contribution < 1.29 is 39.0 Å². The molecular weight excluding hydrogens is 1360 g/mol. The monoisotopic (exact) mass is 1440 g/mol. The summed E-state index contributed by atoms with van der Waals surface area (Å²) in [6, 6.07) is 32.5. The van der Waals surface area contributed by atoms with Crippen LogP contribution in [0.25, 0.3) is 111 Å². The van der Waals surface area contributed by atoms with Crippen LogP contribution in [-0.2, 0) is 39.0 Å². The Balaban J connectivity index is 0.000000145. The fourth-order valence-electron chi connectivity index (χ4n) is 10.4. The minimum absolute atomic E-state index is 0. The standard InChI is InChI=1S/C24H12N6.4C14H16N2.2Ru/c1-5-13-17(25-9-1)18-14(6-2-10-26-18)22-21(13)29-23-15-7-3-11-27-19(15)20-16(24(23)30-22)8-4-12-28-20;4*1-9-5-13(15-7-11(9)3)14-6-10(2)12(4)8-16-14;;/h1-12H;4*5-8H,1-4H3;;/q;;;;;2*+2. The Bertz CT molecular complexity index is 4530. The molecule has 478 valence electrons. The first-order valence-corrected chi connectivity index (χ1v) is 31.4. The van der Waals surface area contributed by atoms with Gasteiger partial charge in [-0.3, -0.25) is 59.8 Å². The van der Waals surface area contributed by atoms with Crippen molar-refractivity contribution in [3.8, 4) is 45.6 Å². The number of pyridine rings is 12. The van der Waals surface area contributed by atoms with Crippen LogP contribution in [0, 0.1) is 111 Å². The molecule has 15 aromatic rings. The Hall–Kier alpha value is -9.87. The summed E-state index contributed by atoms with van der Waals surface area (Å²) in [6.45, 7) is 33.3. The van der Waals surface area contributed by atoms with Crippen molar-refractivity contribution in [1.29, 1.82) is 0 Å². The third-order valence-corrected chi connectivity index (χ3v) is 17.6. The fourth-order valence-corrected chi connectivity index (χ4v) is 10.4. The molecule has 15 rings (SSSR count). The quantitative estimate of drug-likeness (QED) is 0.0922. The predicted molar refractivity (Wildman–Crippen MR) is 384 cm³/mol. The molecule has 14 nitrogen and oxygen atoms in total. The van der Waals surface area contributed by atoms with Gasteiger partial charge in [0, 0.05) is 95.9 Å². The van der Waals surface area contributed by atoms with E-state index >= 15 is 0 Å². The first-order valence-electron chi connectivity index (χ1n) is 31.4. The van der Waals surface area contributed by atoms with E-state index in [-0.39, 0.29) is 39.0 Å². The second kappa shape index (κ2) is 30.7. The minimum Gasteiger partial charge on any atom is -0.254 e. The molecule has 0 unspecified atom stereocenters. The van der Waals surface area contributed by atoms with Crippen molar-refractivity contribution in [2.45, 2.75) is 111 Å². The first-order chi connectivity index (χ1) is 45.2. The van der Waals surface area contributed by atoms with Gasteiger partial charge < -0.3 is 0 Å². The van der Waals surface area contributed by atoms with E-state index in [0.29, 0.717) is 0 Å². The molecule has 0 radical (unpaired) electrons. The zero-order chi connectivity index (χ0) is 66.5. The summed E-state index contributed by atoms with van der Waals surface area (Å²) in [5.74, 6) is 0. The molecule has 0 N–H and O–H groups in total. The molecule has 0 aliphatic carbocycles. The fraction of sp³-hybridized carbons (Fsp3) is 0.200. The molecule has 0 bridgehead atoms. The normalized spacial score (nSPS) is 10.8. The molecule has 13 aromatic heterocycles. The van der Waals surface area contributed by atoms with Crippen molar-refractivity contribution >= 4 is 65.7 Å². The Kier molecular flexibility index (Phi) is 22.5. The molecule has 16 heteroatoms. The number of hydrogen-bond donors (Lipinski definition) is 0. The van der Waals surface area contributed by atoms with Gasteiger partial charge >= 0.3 is 39.0 Å². The molecule has 0 fully saturated rings. The van der Waals surface area contributed by atoms with Gasteiger partial charge in [-0.2, -0.15) is 0 Å². The molecule has 0 aliphatic heterocycles. The summed E-state index contributed by atoms with van der Waals surface area (Å²) in [4.78, 5) is 64.0. The third kappa shape index (κ3) is 15.4. The topological polar surface area (TPSA) is 180 Å². The van der Waals surface area contributed by atoms with E-state index in [1.54, 1.807) is 24.8 Å². The largest absolute Gasteiger partial charge is 2.00 e. The Morgan fingerprint density at radius 2 is 0.323 bits per heavy atom. The van der Waals surface area contributed by atoms with Crippen LogP contribution >= 0.6 is 0 Å². The number of aromatic nitrogens is 14. The molecule has 0 atom stereocenters. The van der Waals surface area contributed by atoms with Crippen molar-refractivity contribution in [1.82, 2.24) is 69.8 Å². The molecule has 0 spiro atoms. The van der Waals surface area contributed by atoms with Gasteiger partial charge in [-0.25, -0.2) is 9.97 Å². The summed E-state index contributed by atoms with van der Waals surface area (Å²) in [5, 5.41) is 3.76. The molecule has 0 saturated carbocycles. The van der Waals surface area contributed by atoms with Gasteiger partial charge in [0.1, 0.15) is 0 Å². The maximum Gasteiger partial charge on any atom is 2.00 e. The zero-order valence-electron chi connectivity index (χ0n) is 57.1. The summed E-state index contributed by atoms with van der Waals surface area (Å²) in [5.41, 5.74) is 34.0. The van der Waals surface area contributed by atoms with Crippen LogP contribution in [0.2, 0.25) is 0 Å². The average Bonchev–Trinajstić information content (AvgIpc) is 0.720. The molecule has 0 aliphatic rings. The van der Waals surface area contributed by atoms with Crippen LogP contribution in [0.15, 0.2) is 171 Å². The van der Waals surface area contributed by atoms with Gasteiger partial charge in [0.25, 0.3) is 0 Å². The molecule has 2 aromatic carbocycles. The summed E-state index contributed by atoms with van der Waals surface area (Å²) >= 11 is 0. The summed E-state index contributed by atoms with van der Waals surface area (Å²) < 4.78 is 0. The van der Waals surface area contributed by atoms with E-state index in [0.717, 1.165) is 111 Å². The SMILES string of the molecule is Cc1cnc(-c2cc(C)c(C)cn2)cc1C.Cc1cnc(-c2cc(C)c(C)cn2)cc1C.Cc1cnc(-c2cc(C)c(C)cn2)cc1C.Cc1cnc(-c2cc(C)c(C)cn2)cc1C.[Ru+2].[Ru+2].c1cnc2c(c1)c1nc3c4cccnc4c4ncccc4c3nc1c1cccnc12. The van der Waals surface area contributed by atoms with Gasteiger partial charge in [0.05, 0.1) is 89.7 Å². The van der Waals surface area contributed by atoms with Crippen LogP contribution in [-0.4, -0.2) is 69.8 Å². The molecule has 0 amide bonds. The maximum absolute atomic E-state index is 5.14. The number of rotatable bonds is 4. The minimum atomic E-state index is 0. The molecule has 13 heterocycles. The second-order valence-corrected chi connectivity index (χ2v) is 24.4. The van der Waals surface area contributed by atoms with Gasteiger partial charge in [-0.15, -0.1) is 0 Å². The van der Waals surface area contributed by atoms with Gasteiger partial charge in [-0.05, 0) is 297 Å². The molecular formula is C80H76N14Ru2+4. The smallest absolute Gasteiger partial charge is 0.254 e. The van der Waals surface area contributed by atoms with E-state index in [1.165, 1.54) is 89.0 Å². The van der Waals surface area contributed by atoms with Gasteiger partial charge in [0.15, 0.2) is 0 Å². The van der Waals surface area contributed by atoms with Gasteiger partial charge in [0.2, 0.25) is 0 Å². The van der Waals surface area contributed by atoms with Crippen LogP contribution in [0.1, 0.15) is 89.0 Å². The Morgan fingerprint density at radius 1 is 0.177 bits per heavy atom. The van der Waals surface area contributed by atoms with E-state index in [1.807, 2.05) is 98.1 Å². The second-order valence-electron chi connectivity index (χ2n) is 24.4. The van der Waals surface area contributed by atoms with Crippen LogP contribution in [0.3, 0.4) is 0 Å². The Labute approximate surface area is 587 Å². The number of hydrogen-bond acceptors (Lipinski definition) is 14. The maximum atomic E-state index is 5.14. The van der Waals surface area contributed by atoms with Crippen LogP contribution in [0.4, 0.5) is 0 Å². The van der Waals surface area contributed by atoms with Crippen molar-refractivity contribution in [2.24, 2.45) is 0 Å². The van der Waals surface area contributed by atoms with Crippen LogP contribution < -0.4 is 0 Å². The van der Waals surface area contributed by atoms with E-state index < -0.39 is 0 Å². The summed E-state index contributed by atoms with van der Waals surface area (Å²) in [6.07, 6.45) is 22.4. The van der Waals surface area contributed by atoms with Crippen molar-refractivity contribution in [3.05, 3.63) is 260 Å². The van der Waals surface area contributed by atoms with E-state index in [2.05, 4.69) is 219 Å². The average molecular weight is 1440 g/mol. The van der Waals surface area contributed by atoms with E-state index in [9.17, 15) is 0 Å². The Morgan fingerprint density at radius 3 is 0.458 bits per heavy atom. The number of aryl methyl sites for hydroxylation is 16. The zero-order valence-corrected chi connectivity index (χ0v) is 60.6. The third-order valence-electron chi connectivity index (χ3n) is 17.6. The molecule has 0 saturated heterocycles. The van der Waals surface area contributed by atoms with Gasteiger partial charge in [-0.1, -0.05) is 0 Å². The van der Waals surface area contributed by atoms with Crippen molar-refractivity contribution in [3.63, 3.8) is 0 Å². The van der Waals surface area contributed by atoms with Crippen LogP contribution in [0.5, 0.6) is 0 Å². The number of benzene rings is 2. The number of fused-ring (bicyclic) bond motifs is 12. The van der Waals surface area contributed by atoms with Crippen molar-refractivity contribution in [2.75, 3.05) is 0 Å². The first kappa shape index (κ1) is 70.4.